The van der Waals surface area contributed by atoms with Gasteiger partial charge in [0.1, 0.15) is 11.6 Å². The summed E-state index contributed by atoms with van der Waals surface area (Å²) >= 11 is 0. The number of carboxylic acid groups (broad SMARTS) is 1. The third-order valence-electron chi connectivity index (χ3n) is 6.92. The quantitative estimate of drug-likeness (QED) is 0.513. The van der Waals surface area contributed by atoms with Crippen LogP contribution in [0.15, 0.2) is 30.3 Å². The molecular formula is C26H30F3N7O3. The number of amides is 1. The molecule has 39 heavy (non-hydrogen) atoms. The predicted molar refractivity (Wildman–Crippen MR) is 136 cm³/mol. The van der Waals surface area contributed by atoms with Crippen LogP contribution >= 0.6 is 0 Å². The molecular weight excluding hydrogens is 515 g/mol. The molecule has 0 bridgehead atoms. The van der Waals surface area contributed by atoms with Crippen molar-refractivity contribution in [2.24, 2.45) is 5.92 Å². The first-order chi connectivity index (χ1) is 18.6. The van der Waals surface area contributed by atoms with Crippen molar-refractivity contribution in [3.05, 3.63) is 47.3 Å². The number of benzene rings is 1. The molecule has 1 amide bonds. The summed E-state index contributed by atoms with van der Waals surface area (Å²) < 4.78 is 41.1. The number of aromatic nitrogens is 2. The Bertz CT molecular complexity index is 1210. The number of nitrogens with one attached hydrogen (secondary N) is 1. The van der Waals surface area contributed by atoms with Gasteiger partial charge in [-0.1, -0.05) is 12.1 Å². The fourth-order valence-electron chi connectivity index (χ4n) is 4.82. The Morgan fingerprint density at radius 1 is 1.05 bits per heavy atom. The minimum atomic E-state index is -4.74. The van der Waals surface area contributed by atoms with Gasteiger partial charge in [0.25, 0.3) is 0 Å². The standard InChI is InChI=1S/C26H30F3N7O3/c27-26(28,29)25-32-21(35-12-10-34(11-13-35)17-23(37)38)14-22(33-25)36-9-1-2-20(16-36)24(39)31-8-7-18-3-5-19(15-30)6-4-18/h3-6,14,20H,1-2,7-13,16-17H2,(H,31,39)(H,37,38). The first-order valence-corrected chi connectivity index (χ1v) is 12.8. The fraction of sp³-hybridized carbons (Fsp3) is 0.500. The maximum absolute atomic E-state index is 13.7. The van der Waals surface area contributed by atoms with Gasteiger partial charge < -0.3 is 20.2 Å². The molecule has 208 valence electrons. The second-order valence-corrected chi connectivity index (χ2v) is 9.70. The summed E-state index contributed by atoms with van der Waals surface area (Å²) in [4.78, 5) is 36.5. The second kappa shape index (κ2) is 12.3. The van der Waals surface area contributed by atoms with Crippen molar-refractivity contribution >= 4 is 23.5 Å². The Morgan fingerprint density at radius 2 is 1.72 bits per heavy atom. The number of piperidine rings is 1. The van der Waals surface area contributed by atoms with E-state index in [1.54, 1.807) is 26.8 Å². The number of nitriles is 1. The lowest BCUT2D eigenvalue weighted by atomic mass is 9.97. The van der Waals surface area contributed by atoms with Gasteiger partial charge in [0.2, 0.25) is 11.7 Å². The molecule has 2 aliphatic rings. The lowest BCUT2D eigenvalue weighted by molar-refractivity contribution is -0.145. The molecule has 3 heterocycles. The zero-order valence-corrected chi connectivity index (χ0v) is 21.3. The molecule has 4 rings (SSSR count). The van der Waals surface area contributed by atoms with Crippen LogP contribution in [0.4, 0.5) is 24.8 Å². The van der Waals surface area contributed by atoms with Crippen LogP contribution in [0.1, 0.15) is 29.8 Å². The van der Waals surface area contributed by atoms with E-state index >= 15 is 0 Å². The number of carbonyl (C=O) groups excluding carboxylic acids is 1. The van der Waals surface area contributed by atoms with Crippen LogP contribution < -0.4 is 15.1 Å². The van der Waals surface area contributed by atoms with Crippen LogP contribution in [0, 0.1) is 17.2 Å². The SMILES string of the molecule is N#Cc1ccc(CCNC(=O)C2CCCN(c3cc(N4CCN(CC(=O)O)CC4)nc(C(F)(F)F)n3)C2)cc1. The lowest BCUT2D eigenvalue weighted by Crippen LogP contribution is -2.48. The molecule has 10 nitrogen and oxygen atoms in total. The molecule has 0 spiro atoms. The van der Waals surface area contributed by atoms with E-state index in [2.05, 4.69) is 21.4 Å². The Balaban J connectivity index is 1.41. The minimum absolute atomic E-state index is 0.121. The zero-order valence-electron chi connectivity index (χ0n) is 21.3. The van der Waals surface area contributed by atoms with Crippen molar-refractivity contribution in [2.45, 2.75) is 25.4 Å². The third-order valence-corrected chi connectivity index (χ3v) is 6.92. The number of halogens is 3. The molecule has 2 aliphatic heterocycles. The van der Waals surface area contributed by atoms with E-state index in [0.717, 1.165) is 5.56 Å². The van der Waals surface area contributed by atoms with Crippen molar-refractivity contribution in [2.75, 3.05) is 62.2 Å². The van der Waals surface area contributed by atoms with E-state index in [9.17, 15) is 22.8 Å². The highest BCUT2D eigenvalue weighted by Gasteiger charge is 2.37. The number of nitrogens with zero attached hydrogens (tertiary/aromatic N) is 6. The first kappa shape index (κ1) is 28.1. The van der Waals surface area contributed by atoms with Crippen LogP contribution in [0.5, 0.6) is 0 Å². The molecule has 2 saturated heterocycles. The van der Waals surface area contributed by atoms with Gasteiger partial charge in [-0.3, -0.25) is 14.5 Å². The number of anilines is 2. The smallest absolute Gasteiger partial charge is 0.451 e. The van der Waals surface area contributed by atoms with Gasteiger partial charge in [-0.25, -0.2) is 9.97 Å². The lowest BCUT2D eigenvalue weighted by Gasteiger charge is -2.36. The molecule has 1 atom stereocenters. The molecule has 1 aromatic carbocycles. The van der Waals surface area contributed by atoms with E-state index in [4.69, 9.17) is 10.4 Å². The molecule has 1 aromatic heterocycles. The predicted octanol–water partition coefficient (Wildman–Crippen LogP) is 2.15. The Morgan fingerprint density at radius 3 is 2.33 bits per heavy atom. The largest absolute Gasteiger partial charge is 0.480 e. The maximum atomic E-state index is 13.7. The molecule has 0 radical (unpaired) electrons. The molecule has 2 fully saturated rings. The third kappa shape index (κ3) is 7.57. The average molecular weight is 546 g/mol. The highest BCUT2D eigenvalue weighted by Crippen LogP contribution is 2.32. The highest BCUT2D eigenvalue weighted by atomic mass is 19.4. The number of piperazine rings is 1. The van der Waals surface area contributed by atoms with Gasteiger partial charge in [-0.05, 0) is 37.0 Å². The monoisotopic (exact) mass is 545 g/mol. The Labute approximate surface area is 224 Å². The number of alkyl halides is 3. The van der Waals surface area contributed by atoms with Gasteiger partial charge in [0.05, 0.1) is 24.1 Å². The number of carboxylic acids is 1. The highest BCUT2D eigenvalue weighted by molar-refractivity contribution is 5.79. The van der Waals surface area contributed by atoms with Gasteiger partial charge >= 0.3 is 12.1 Å². The van der Waals surface area contributed by atoms with Gasteiger partial charge in [0.15, 0.2) is 0 Å². The van der Waals surface area contributed by atoms with Crippen molar-refractivity contribution in [3.8, 4) is 6.07 Å². The maximum Gasteiger partial charge on any atom is 0.451 e. The van der Waals surface area contributed by atoms with Crippen molar-refractivity contribution < 1.29 is 27.9 Å². The number of aliphatic carboxylic acids is 1. The van der Waals surface area contributed by atoms with Crippen LogP contribution in [-0.2, 0) is 22.2 Å². The van der Waals surface area contributed by atoms with Crippen LogP contribution in [0.25, 0.3) is 0 Å². The summed E-state index contributed by atoms with van der Waals surface area (Å²) in [6.07, 6.45) is -2.90. The normalized spacial score (nSPS) is 18.5. The molecule has 1 unspecified atom stereocenters. The minimum Gasteiger partial charge on any atom is -0.480 e. The summed E-state index contributed by atoms with van der Waals surface area (Å²) in [5.74, 6) is -2.49. The molecule has 2 N–H and O–H groups in total. The van der Waals surface area contributed by atoms with Crippen molar-refractivity contribution in [1.82, 2.24) is 20.2 Å². The molecule has 0 saturated carbocycles. The average Bonchev–Trinajstić information content (AvgIpc) is 2.93. The van der Waals surface area contributed by atoms with E-state index in [-0.39, 0.29) is 30.6 Å². The number of rotatable bonds is 8. The van der Waals surface area contributed by atoms with Gasteiger partial charge in [0, 0.05) is 51.9 Å². The number of hydrogen-bond acceptors (Lipinski definition) is 8. The van der Waals surface area contributed by atoms with Crippen LogP contribution in [0.3, 0.4) is 0 Å². The molecule has 2 aromatic rings. The second-order valence-electron chi connectivity index (χ2n) is 9.70. The topological polar surface area (TPSA) is 126 Å². The molecule has 0 aliphatic carbocycles. The summed E-state index contributed by atoms with van der Waals surface area (Å²) in [5.41, 5.74) is 1.55. The molecule has 13 heteroatoms. The van der Waals surface area contributed by atoms with Crippen molar-refractivity contribution in [1.29, 1.82) is 5.26 Å². The summed E-state index contributed by atoms with van der Waals surface area (Å²) in [7, 11) is 0. The number of carbonyl (C=O) groups is 2. The number of hydrogen-bond donors (Lipinski definition) is 2. The van der Waals surface area contributed by atoms with E-state index in [1.165, 1.54) is 6.07 Å². The van der Waals surface area contributed by atoms with E-state index < -0.39 is 23.9 Å². The van der Waals surface area contributed by atoms with E-state index in [1.807, 2.05) is 12.1 Å². The van der Waals surface area contributed by atoms with Crippen LogP contribution in [-0.4, -0.2) is 84.2 Å². The Kier molecular flexibility index (Phi) is 8.86. The summed E-state index contributed by atoms with van der Waals surface area (Å²) in [5, 5.41) is 20.8. The summed E-state index contributed by atoms with van der Waals surface area (Å²) in [6, 6.07) is 10.7. The summed E-state index contributed by atoms with van der Waals surface area (Å²) in [6.45, 7) is 2.45. The zero-order chi connectivity index (χ0) is 28.0. The fourth-order valence-corrected chi connectivity index (χ4v) is 4.82. The van der Waals surface area contributed by atoms with Crippen molar-refractivity contribution in [3.63, 3.8) is 0 Å². The van der Waals surface area contributed by atoms with Gasteiger partial charge in [-0.15, -0.1) is 0 Å². The Hall–Kier alpha value is -3.92. The van der Waals surface area contributed by atoms with E-state index in [0.29, 0.717) is 64.1 Å². The first-order valence-electron chi connectivity index (χ1n) is 12.8. The van der Waals surface area contributed by atoms with Crippen LogP contribution in [0.2, 0.25) is 0 Å². The van der Waals surface area contributed by atoms with Gasteiger partial charge in [-0.2, -0.15) is 18.4 Å².